The normalized spacial score (nSPS) is 29.9. The summed E-state index contributed by atoms with van der Waals surface area (Å²) in [7, 11) is 0. The summed E-state index contributed by atoms with van der Waals surface area (Å²) in [6, 6.07) is 2.17. The third-order valence-electron chi connectivity index (χ3n) is 4.43. The Balaban J connectivity index is 2.05. The van der Waals surface area contributed by atoms with Crippen LogP contribution in [0.3, 0.4) is 0 Å². The fourth-order valence-corrected chi connectivity index (χ4v) is 3.49. The zero-order valence-corrected chi connectivity index (χ0v) is 11.4. The molecule has 0 saturated heterocycles. The highest BCUT2D eigenvalue weighted by Gasteiger charge is 2.40. The summed E-state index contributed by atoms with van der Waals surface area (Å²) in [5.74, 6) is 1.15. The second-order valence-corrected chi connectivity index (χ2v) is 5.63. The molecule has 0 amide bonds. The second kappa shape index (κ2) is 5.16. The van der Waals surface area contributed by atoms with Gasteiger partial charge in [-0.2, -0.15) is 5.26 Å². The predicted octanol–water partition coefficient (Wildman–Crippen LogP) is 2.69. The van der Waals surface area contributed by atoms with Crippen molar-refractivity contribution in [2.24, 2.45) is 17.6 Å². The molecular formula is C16H18N2O2. The lowest BCUT2D eigenvalue weighted by Crippen LogP contribution is -2.33. The molecule has 0 radical (unpaired) electrons. The molecule has 2 N–H and O–H groups in total. The van der Waals surface area contributed by atoms with Crippen LogP contribution in [0.1, 0.15) is 38.5 Å². The maximum Gasteiger partial charge on any atom is 0.204 e. The molecule has 3 aliphatic rings. The van der Waals surface area contributed by atoms with Crippen LogP contribution < -0.4 is 5.73 Å². The molecule has 0 aromatic rings. The first-order valence-electron chi connectivity index (χ1n) is 7.21. The topological polar surface area (TPSA) is 76.1 Å². The van der Waals surface area contributed by atoms with E-state index in [1.54, 1.807) is 0 Å². The van der Waals surface area contributed by atoms with E-state index in [4.69, 9.17) is 10.5 Å². The van der Waals surface area contributed by atoms with Crippen molar-refractivity contribution >= 4 is 5.78 Å². The number of carbonyl (C=O) groups excluding carboxylic acids is 1. The van der Waals surface area contributed by atoms with Crippen molar-refractivity contribution < 1.29 is 9.53 Å². The first-order chi connectivity index (χ1) is 9.72. The van der Waals surface area contributed by atoms with Crippen molar-refractivity contribution in [1.82, 2.24) is 0 Å². The van der Waals surface area contributed by atoms with Gasteiger partial charge in [0.2, 0.25) is 5.88 Å². The fraction of sp³-hybridized carbons (Fsp3) is 0.500. The monoisotopic (exact) mass is 270 g/mol. The first-order valence-corrected chi connectivity index (χ1v) is 7.21. The number of nitriles is 1. The van der Waals surface area contributed by atoms with Gasteiger partial charge in [0, 0.05) is 24.3 Å². The first kappa shape index (κ1) is 13.0. The molecule has 4 nitrogen and oxygen atoms in total. The van der Waals surface area contributed by atoms with Gasteiger partial charge in [0.1, 0.15) is 11.8 Å². The number of Topliss-reactive ketones (excluding diaryl/α,β-unsaturated/α-hetero) is 1. The molecule has 2 aliphatic carbocycles. The van der Waals surface area contributed by atoms with E-state index in [1.165, 1.54) is 0 Å². The smallest absolute Gasteiger partial charge is 0.204 e. The van der Waals surface area contributed by atoms with E-state index in [9.17, 15) is 10.1 Å². The molecular weight excluding hydrogens is 252 g/mol. The maximum atomic E-state index is 12.3. The Morgan fingerprint density at radius 2 is 2.20 bits per heavy atom. The molecule has 0 aromatic carbocycles. The van der Waals surface area contributed by atoms with E-state index in [0.717, 1.165) is 37.7 Å². The van der Waals surface area contributed by atoms with Gasteiger partial charge in [-0.05, 0) is 31.6 Å². The summed E-state index contributed by atoms with van der Waals surface area (Å²) < 4.78 is 5.56. The standard InChI is InChI=1S/C16H18N2O2/c17-9-11-14(10-5-2-1-3-6-10)15-12(19)7-4-8-13(15)20-16(11)18/h1-2,10,14H,3-8,18H2/t10-,14+/m0/s1. The maximum absolute atomic E-state index is 12.3. The van der Waals surface area contributed by atoms with Gasteiger partial charge in [-0.25, -0.2) is 0 Å². The highest BCUT2D eigenvalue weighted by atomic mass is 16.5. The molecule has 104 valence electrons. The van der Waals surface area contributed by atoms with Gasteiger partial charge in [0.05, 0.1) is 5.57 Å². The number of ketones is 1. The average molecular weight is 270 g/mol. The van der Waals surface area contributed by atoms with E-state index in [2.05, 4.69) is 18.2 Å². The van der Waals surface area contributed by atoms with Crippen LogP contribution in [0.15, 0.2) is 34.9 Å². The van der Waals surface area contributed by atoms with Gasteiger partial charge in [0.25, 0.3) is 0 Å². The van der Waals surface area contributed by atoms with Crippen molar-refractivity contribution in [2.75, 3.05) is 0 Å². The number of hydrogen-bond acceptors (Lipinski definition) is 4. The minimum absolute atomic E-state index is 0.131. The summed E-state index contributed by atoms with van der Waals surface area (Å²) in [6.45, 7) is 0. The lowest BCUT2D eigenvalue weighted by atomic mass is 9.71. The summed E-state index contributed by atoms with van der Waals surface area (Å²) in [5.41, 5.74) is 7.08. The number of hydrogen-bond donors (Lipinski definition) is 1. The third kappa shape index (κ3) is 2.03. The molecule has 0 saturated carbocycles. The summed E-state index contributed by atoms with van der Waals surface area (Å²) in [6.07, 6.45) is 9.30. The summed E-state index contributed by atoms with van der Waals surface area (Å²) >= 11 is 0. The number of nitrogens with two attached hydrogens (primary N) is 1. The van der Waals surface area contributed by atoms with Gasteiger partial charge >= 0.3 is 0 Å². The Labute approximate surface area is 118 Å². The summed E-state index contributed by atoms with van der Waals surface area (Å²) in [4.78, 5) is 12.3. The molecule has 0 unspecified atom stereocenters. The van der Waals surface area contributed by atoms with Crippen LogP contribution >= 0.6 is 0 Å². The molecule has 0 bridgehead atoms. The third-order valence-corrected chi connectivity index (χ3v) is 4.43. The minimum Gasteiger partial charge on any atom is -0.444 e. The molecule has 20 heavy (non-hydrogen) atoms. The Morgan fingerprint density at radius 3 is 2.90 bits per heavy atom. The predicted molar refractivity (Wildman–Crippen MR) is 73.8 cm³/mol. The largest absolute Gasteiger partial charge is 0.444 e. The summed E-state index contributed by atoms with van der Waals surface area (Å²) in [5, 5.41) is 9.42. The van der Waals surface area contributed by atoms with Gasteiger partial charge in [-0.15, -0.1) is 0 Å². The lowest BCUT2D eigenvalue weighted by molar-refractivity contribution is -0.117. The van der Waals surface area contributed by atoms with Crippen LogP contribution in [0.2, 0.25) is 0 Å². The highest BCUT2D eigenvalue weighted by Crippen LogP contribution is 2.44. The number of carbonyl (C=O) groups is 1. The van der Waals surface area contributed by atoms with Crippen LogP contribution in [-0.2, 0) is 9.53 Å². The molecule has 3 rings (SSSR count). The second-order valence-electron chi connectivity index (χ2n) is 5.63. The van der Waals surface area contributed by atoms with E-state index >= 15 is 0 Å². The molecule has 0 aromatic heterocycles. The quantitative estimate of drug-likeness (QED) is 0.743. The van der Waals surface area contributed by atoms with Crippen molar-refractivity contribution in [3.8, 4) is 6.07 Å². The van der Waals surface area contributed by atoms with Crippen LogP contribution in [0.5, 0.6) is 0 Å². The van der Waals surface area contributed by atoms with E-state index in [-0.39, 0.29) is 23.5 Å². The van der Waals surface area contributed by atoms with Gasteiger partial charge in [-0.3, -0.25) is 4.79 Å². The van der Waals surface area contributed by atoms with Gasteiger partial charge in [-0.1, -0.05) is 12.2 Å². The van der Waals surface area contributed by atoms with Crippen molar-refractivity contribution in [1.29, 1.82) is 5.26 Å². The Kier molecular flexibility index (Phi) is 3.35. The van der Waals surface area contributed by atoms with E-state index < -0.39 is 0 Å². The van der Waals surface area contributed by atoms with Gasteiger partial charge < -0.3 is 10.5 Å². The van der Waals surface area contributed by atoms with Crippen molar-refractivity contribution in [2.45, 2.75) is 38.5 Å². The number of ether oxygens (including phenoxy) is 1. The Morgan fingerprint density at radius 1 is 1.35 bits per heavy atom. The number of rotatable bonds is 1. The van der Waals surface area contributed by atoms with Crippen LogP contribution in [0, 0.1) is 23.2 Å². The van der Waals surface area contributed by atoms with Crippen LogP contribution in [0.4, 0.5) is 0 Å². The molecule has 1 aliphatic heterocycles. The van der Waals surface area contributed by atoms with Crippen LogP contribution in [-0.4, -0.2) is 5.78 Å². The molecule has 0 spiro atoms. The highest BCUT2D eigenvalue weighted by molar-refractivity contribution is 5.98. The Bertz CT molecular complexity index is 578. The SMILES string of the molecule is N#CC1=C(N)OC2=C(C(=O)CCC2)[C@@H]1[C@H]1CC=CCC1. The fourth-order valence-electron chi connectivity index (χ4n) is 3.49. The molecule has 4 heteroatoms. The van der Waals surface area contributed by atoms with Crippen LogP contribution in [0.25, 0.3) is 0 Å². The van der Waals surface area contributed by atoms with E-state index in [0.29, 0.717) is 17.8 Å². The van der Waals surface area contributed by atoms with Crippen molar-refractivity contribution in [3.63, 3.8) is 0 Å². The zero-order chi connectivity index (χ0) is 14.1. The number of allylic oxidation sites excluding steroid dienone is 5. The van der Waals surface area contributed by atoms with Gasteiger partial charge in [0.15, 0.2) is 5.78 Å². The minimum atomic E-state index is -0.165. The Hall–Kier alpha value is -2.02. The zero-order valence-electron chi connectivity index (χ0n) is 11.4. The lowest BCUT2D eigenvalue weighted by Gasteiger charge is -2.35. The van der Waals surface area contributed by atoms with Crippen molar-refractivity contribution in [3.05, 3.63) is 34.9 Å². The molecule has 1 heterocycles. The molecule has 0 fully saturated rings. The van der Waals surface area contributed by atoms with E-state index in [1.807, 2.05) is 0 Å². The number of nitrogens with zero attached hydrogens (tertiary/aromatic N) is 1. The average Bonchev–Trinajstić information content (AvgIpc) is 2.47. The molecule has 2 atom stereocenters.